The van der Waals surface area contributed by atoms with Crippen LogP contribution >= 0.6 is 11.3 Å². The lowest BCUT2D eigenvalue weighted by molar-refractivity contribution is 0.0594. The van der Waals surface area contributed by atoms with Crippen LogP contribution in [-0.4, -0.2) is 18.1 Å². The van der Waals surface area contributed by atoms with Crippen molar-refractivity contribution < 1.29 is 18.3 Å². The van der Waals surface area contributed by atoms with Crippen LogP contribution in [0.25, 0.3) is 0 Å². The van der Waals surface area contributed by atoms with E-state index >= 15 is 0 Å². The van der Waals surface area contributed by atoms with Gasteiger partial charge in [0.2, 0.25) is 0 Å². The lowest BCUT2D eigenvalue weighted by Crippen LogP contribution is -2.09. The van der Waals surface area contributed by atoms with Gasteiger partial charge in [-0.25, -0.2) is 13.6 Å². The van der Waals surface area contributed by atoms with E-state index in [2.05, 4.69) is 15.0 Å². The van der Waals surface area contributed by atoms with E-state index in [1.165, 1.54) is 6.07 Å². The van der Waals surface area contributed by atoms with Crippen LogP contribution in [0.5, 0.6) is 0 Å². The van der Waals surface area contributed by atoms with Gasteiger partial charge in [0, 0.05) is 11.1 Å². The number of carbonyl (C=O) groups excluding carboxylic acids is 1. The normalized spacial score (nSPS) is 10.3. The third-order valence-corrected chi connectivity index (χ3v) is 3.25. The molecule has 0 saturated carbocycles. The number of hydrogen-bond acceptors (Lipinski definition) is 5. The first kappa shape index (κ1) is 14.2. The molecule has 2 rings (SSSR count). The van der Waals surface area contributed by atoms with Gasteiger partial charge in [-0.15, -0.1) is 0 Å². The fourth-order valence-corrected chi connectivity index (χ4v) is 2.13. The van der Waals surface area contributed by atoms with Crippen molar-refractivity contribution in [3.8, 4) is 0 Å². The van der Waals surface area contributed by atoms with Crippen LogP contribution in [0.4, 0.5) is 14.5 Å². The minimum atomic E-state index is -1.28. The minimum Gasteiger partial charge on any atom is -0.465 e. The summed E-state index contributed by atoms with van der Waals surface area (Å²) in [5, 5.41) is 4.21. The number of halogens is 2. The standard InChI is InChI=1S/C12H10F2N2O3S/c1-19-11(17)7-2-3-8(10(14)9(7)13)15-4-6-5-20-12(18)16-6/h2-3,5,15H,4H2,1H3,(H,16,18). The molecule has 0 amide bonds. The van der Waals surface area contributed by atoms with Crippen LogP contribution in [0.15, 0.2) is 22.3 Å². The summed E-state index contributed by atoms with van der Waals surface area (Å²) in [5.41, 5.74) is -0.0291. The van der Waals surface area contributed by atoms with E-state index in [1.807, 2.05) is 0 Å². The van der Waals surface area contributed by atoms with Crippen LogP contribution in [0.3, 0.4) is 0 Å². The third kappa shape index (κ3) is 2.85. The first-order chi connectivity index (χ1) is 9.52. The van der Waals surface area contributed by atoms with Crippen molar-refractivity contribution in [2.75, 3.05) is 12.4 Å². The van der Waals surface area contributed by atoms with Gasteiger partial charge in [0.25, 0.3) is 0 Å². The first-order valence-electron chi connectivity index (χ1n) is 5.49. The highest BCUT2D eigenvalue weighted by molar-refractivity contribution is 7.07. The van der Waals surface area contributed by atoms with E-state index < -0.39 is 23.2 Å². The molecule has 0 saturated heterocycles. The van der Waals surface area contributed by atoms with Crippen molar-refractivity contribution in [3.63, 3.8) is 0 Å². The van der Waals surface area contributed by atoms with E-state index in [4.69, 9.17) is 0 Å². The zero-order chi connectivity index (χ0) is 14.7. The molecule has 2 aromatic rings. The van der Waals surface area contributed by atoms with Gasteiger partial charge in [0.1, 0.15) is 0 Å². The first-order valence-corrected chi connectivity index (χ1v) is 6.37. The predicted molar refractivity (Wildman–Crippen MR) is 70.0 cm³/mol. The summed E-state index contributed by atoms with van der Waals surface area (Å²) in [6.07, 6.45) is 0. The number of carbonyl (C=O) groups is 1. The quantitative estimate of drug-likeness (QED) is 0.848. The molecule has 8 heteroatoms. The summed E-state index contributed by atoms with van der Waals surface area (Å²) in [4.78, 5) is 24.4. The topological polar surface area (TPSA) is 71.2 Å². The molecule has 0 spiro atoms. The zero-order valence-corrected chi connectivity index (χ0v) is 11.1. The van der Waals surface area contributed by atoms with Gasteiger partial charge in [-0.2, -0.15) is 0 Å². The minimum absolute atomic E-state index is 0.109. The van der Waals surface area contributed by atoms with E-state index in [1.54, 1.807) is 5.38 Å². The van der Waals surface area contributed by atoms with Gasteiger partial charge >= 0.3 is 10.8 Å². The second-order valence-electron chi connectivity index (χ2n) is 3.81. The molecule has 0 fully saturated rings. The summed E-state index contributed by atoms with van der Waals surface area (Å²) in [6, 6.07) is 2.36. The average Bonchev–Trinajstić information content (AvgIpc) is 2.85. The fraction of sp³-hybridized carbons (Fsp3) is 0.167. The van der Waals surface area contributed by atoms with Gasteiger partial charge in [0.05, 0.1) is 24.9 Å². The van der Waals surface area contributed by atoms with Gasteiger partial charge in [0.15, 0.2) is 11.6 Å². The Balaban J connectivity index is 2.19. The number of aromatic nitrogens is 1. The number of rotatable bonds is 4. The monoisotopic (exact) mass is 300 g/mol. The van der Waals surface area contributed by atoms with Crippen LogP contribution < -0.4 is 10.2 Å². The lowest BCUT2D eigenvalue weighted by atomic mass is 10.2. The number of H-pyrrole nitrogens is 1. The highest BCUT2D eigenvalue weighted by atomic mass is 32.1. The fourth-order valence-electron chi connectivity index (χ4n) is 1.54. The van der Waals surface area contributed by atoms with Crippen molar-refractivity contribution >= 4 is 23.0 Å². The molecule has 1 heterocycles. The van der Waals surface area contributed by atoms with E-state index in [0.717, 1.165) is 24.5 Å². The molecule has 20 heavy (non-hydrogen) atoms. The van der Waals surface area contributed by atoms with Crippen LogP contribution in [0.1, 0.15) is 16.1 Å². The molecule has 0 aliphatic carbocycles. The van der Waals surface area contributed by atoms with Crippen molar-refractivity contribution in [2.45, 2.75) is 6.54 Å². The van der Waals surface area contributed by atoms with Gasteiger partial charge in [-0.05, 0) is 12.1 Å². The number of anilines is 1. The Labute approximate surface area is 116 Å². The molecule has 0 bridgehead atoms. The van der Waals surface area contributed by atoms with Gasteiger partial charge in [-0.3, -0.25) is 4.79 Å². The van der Waals surface area contributed by atoms with Gasteiger partial charge in [-0.1, -0.05) is 11.3 Å². The number of ether oxygens (including phenoxy) is 1. The summed E-state index contributed by atoms with van der Waals surface area (Å²) < 4.78 is 31.7. The molecule has 0 aliphatic heterocycles. The smallest absolute Gasteiger partial charge is 0.340 e. The SMILES string of the molecule is COC(=O)c1ccc(NCc2csc(=O)[nH]2)c(F)c1F. The Kier molecular flexibility index (Phi) is 4.14. The number of thiazole rings is 1. The predicted octanol–water partition coefficient (Wildman–Crippen LogP) is 2.11. The molecule has 106 valence electrons. The Bertz CT molecular complexity index is 696. The highest BCUT2D eigenvalue weighted by Crippen LogP contribution is 2.21. The van der Waals surface area contributed by atoms with Crippen LogP contribution in [0.2, 0.25) is 0 Å². The average molecular weight is 300 g/mol. The lowest BCUT2D eigenvalue weighted by Gasteiger charge is -2.09. The third-order valence-electron chi connectivity index (χ3n) is 2.53. The number of hydrogen-bond donors (Lipinski definition) is 2. The van der Waals surface area contributed by atoms with E-state index in [9.17, 15) is 18.4 Å². The van der Waals surface area contributed by atoms with Crippen LogP contribution in [-0.2, 0) is 11.3 Å². The van der Waals surface area contributed by atoms with Crippen molar-refractivity contribution in [1.29, 1.82) is 0 Å². The number of methoxy groups -OCH3 is 1. The maximum atomic E-state index is 13.8. The number of benzene rings is 1. The molecule has 1 aromatic heterocycles. The molecule has 5 nitrogen and oxygen atoms in total. The molecule has 2 N–H and O–H groups in total. The second-order valence-corrected chi connectivity index (χ2v) is 4.65. The number of aromatic amines is 1. The van der Waals surface area contributed by atoms with Crippen molar-refractivity contribution in [2.24, 2.45) is 0 Å². The highest BCUT2D eigenvalue weighted by Gasteiger charge is 2.18. The molecule has 0 atom stereocenters. The Morgan fingerprint density at radius 3 is 2.75 bits per heavy atom. The summed E-state index contributed by atoms with van der Waals surface area (Å²) in [5.74, 6) is -3.40. The van der Waals surface area contributed by atoms with Crippen molar-refractivity contribution in [3.05, 3.63) is 50.1 Å². The number of nitrogens with one attached hydrogen (secondary N) is 2. The zero-order valence-electron chi connectivity index (χ0n) is 10.3. The van der Waals surface area contributed by atoms with E-state index in [0.29, 0.717) is 5.69 Å². The summed E-state index contributed by atoms with van der Waals surface area (Å²) in [6.45, 7) is 0.132. The van der Waals surface area contributed by atoms with Crippen LogP contribution in [0, 0.1) is 11.6 Å². The van der Waals surface area contributed by atoms with Crippen molar-refractivity contribution in [1.82, 2.24) is 4.98 Å². The Morgan fingerprint density at radius 2 is 2.15 bits per heavy atom. The maximum Gasteiger partial charge on any atom is 0.340 e. The summed E-state index contributed by atoms with van der Waals surface area (Å²) >= 11 is 0.976. The largest absolute Gasteiger partial charge is 0.465 e. The molecule has 0 radical (unpaired) electrons. The molecule has 0 aliphatic rings. The molecule has 0 unspecified atom stereocenters. The van der Waals surface area contributed by atoms with Gasteiger partial charge < -0.3 is 15.0 Å². The summed E-state index contributed by atoms with van der Waals surface area (Å²) in [7, 11) is 1.08. The second kappa shape index (κ2) is 5.83. The maximum absolute atomic E-state index is 13.8. The Hall–Kier alpha value is -2.22. The number of esters is 1. The molecular formula is C12H10F2N2O3S. The molecule has 1 aromatic carbocycles. The Morgan fingerprint density at radius 1 is 1.40 bits per heavy atom. The van der Waals surface area contributed by atoms with E-state index in [-0.39, 0.29) is 17.1 Å². The molecular weight excluding hydrogens is 290 g/mol.